The first kappa shape index (κ1) is 20.8. The van der Waals surface area contributed by atoms with E-state index in [1.807, 2.05) is 37.2 Å². The maximum Gasteiger partial charge on any atom is 0.239 e. The summed E-state index contributed by atoms with van der Waals surface area (Å²) in [6.07, 6.45) is 8.79. The molecule has 1 saturated carbocycles. The van der Waals surface area contributed by atoms with Gasteiger partial charge in [0.25, 0.3) is 0 Å². The van der Waals surface area contributed by atoms with E-state index >= 15 is 0 Å². The Balaban J connectivity index is 1.35. The highest BCUT2D eigenvalue weighted by molar-refractivity contribution is 6.09. The highest BCUT2D eigenvalue weighted by atomic mass is 16.5. The number of fused-ring (bicyclic) bond motifs is 2. The molecule has 2 aliphatic heterocycles. The van der Waals surface area contributed by atoms with Crippen LogP contribution >= 0.6 is 0 Å². The summed E-state index contributed by atoms with van der Waals surface area (Å²) in [7, 11) is 1.85. The van der Waals surface area contributed by atoms with Gasteiger partial charge in [-0.05, 0) is 50.3 Å². The number of hydrogen-bond donors (Lipinski definition) is 1. The molecule has 1 N–H and O–H groups in total. The molecular formula is C25H25N7O2. The molecule has 1 amide bonds. The Morgan fingerprint density at radius 2 is 2.03 bits per heavy atom. The minimum absolute atomic E-state index is 0.105. The summed E-state index contributed by atoms with van der Waals surface area (Å²) in [4.78, 5) is 24.7. The number of amides is 1. The van der Waals surface area contributed by atoms with Crippen molar-refractivity contribution in [2.24, 2.45) is 7.05 Å². The van der Waals surface area contributed by atoms with Crippen molar-refractivity contribution in [3.63, 3.8) is 0 Å². The number of ether oxygens (including phenoxy) is 1. The van der Waals surface area contributed by atoms with Crippen LogP contribution < -0.4 is 10.2 Å². The van der Waals surface area contributed by atoms with Gasteiger partial charge in [-0.3, -0.25) is 14.4 Å². The van der Waals surface area contributed by atoms with Gasteiger partial charge < -0.3 is 10.1 Å². The third kappa shape index (κ3) is 3.17. The molecule has 2 fully saturated rings. The average molecular weight is 456 g/mol. The zero-order valence-electron chi connectivity index (χ0n) is 19.2. The second-order valence-electron chi connectivity index (χ2n) is 9.38. The maximum atomic E-state index is 13.4. The van der Waals surface area contributed by atoms with Crippen LogP contribution in [0.2, 0.25) is 0 Å². The SMILES string of the molecule is Cc1cc(-c2cnn(C)c2)c(C#N)cc1Nc1ncc2c(n1)N(C1CCOCC1)C(=O)C21CC1. The van der Waals surface area contributed by atoms with Gasteiger partial charge in [0.1, 0.15) is 5.82 Å². The number of hydrogen-bond acceptors (Lipinski definition) is 7. The van der Waals surface area contributed by atoms with Crippen LogP contribution in [0.15, 0.2) is 30.7 Å². The molecular weight excluding hydrogens is 430 g/mol. The van der Waals surface area contributed by atoms with Crippen molar-refractivity contribution < 1.29 is 9.53 Å². The van der Waals surface area contributed by atoms with E-state index in [2.05, 4.69) is 21.5 Å². The van der Waals surface area contributed by atoms with E-state index < -0.39 is 5.41 Å². The molecule has 1 aromatic carbocycles. The Labute approximate surface area is 197 Å². The minimum atomic E-state index is -0.429. The van der Waals surface area contributed by atoms with E-state index in [9.17, 15) is 10.1 Å². The van der Waals surface area contributed by atoms with Crippen LogP contribution in [0.25, 0.3) is 11.1 Å². The van der Waals surface area contributed by atoms with Crippen molar-refractivity contribution in [1.82, 2.24) is 19.7 Å². The number of anilines is 3. The molecule has 1 saturated heterocycles. The lowest BCUT2D eigenvalue weighted by molar-refractivity contribution is -0.121. The number of aryl methyl sites for hydroxylation is 2. The number of carbonyl (C=O) groups excluding carboxylic acids is 1. The van der Waals surface area contributed by atoms with Gasteiger partial charge in [-0.15, -0.1) is 0 Å². The molecule has 3 aromatic rings. The molecule has 1 spiro atoms. The molecule has 0 atom stereocenters. The number of nitriles is 1. The van der Waals surface area contributed by atoms with Gasteiger partial charge in [-0.1, -0.05) is 0 Å². The van der Waals surface area contributed by atoms with Gasteiger partial charge >= 0.3 is 0 Å². The Bertz CT molecular complexity index is 1350. The predicted molar refractivity (Wildman–Crippen MR) is 126 cm³/mol. The Kier molecular flexibility index (Phi) is 4.67. The van der Waals surface area contributed by atoms with Gasteiger partial charge in [-0.25, -0.2) is 4.98 Å². The van der Waals surface area contributed by atoms with Crippen molar-refractivity contribution in [2.45, 2.75) is 44.1 Å². The summed E-state index contributed by atoms with van der Waals surface area (Å²) in [6.45, 7) is 3.30. The van der Waals surface area contributed by atoms with Crippen LogP contribution in [0.5, 0.6) is 0 Å². The van der Waals surface area contributed by atoms with E-state index in [-0.39, 0.29) is 11.9 Å². The van der Waals surface area contributed by atoms with E-state index in [0.29, 0.717) is 24.7 Å². The highest BCUT2D eigenvalue weighted by Gasteiger charge is 2.61. The van der Waals surface area contributed by atoms with Gasteiger partial charge in [0.15, 0.2) is 0 Å². The van der Waals surface area contributed by atoms with Crippen LogP contribution in [-0.2, 0) is 22.0 Å². The first-order chi connectivity index (χ1) is 16.5. The summed E-state index contributed by atoms with van der Waals surface area (Å²) in [5.41, 5.74) is 4.49. The number of benzene rings is 1. The molecule has 1 aliphatic carbocycles. The van der Waals surface area contributed by atoms with Gasteiger partial charge in [0.05, 0.1) is 23.2 Å². The van der Waals surface area contributed by atoms with Crippen molar-refractivity contribution in [3.8, 4) is 17.2 Å². The monoisotopic (exact) mass is 455 g/mol. The maximum absolute atomic E-state index is 13.4. The van der Waals surface area contributed by atoms with Crippen molar-refractivity contribution >= 4 is 23.4 Å². The zero-order chi connectivity index (χ0) is 23.4. The molecule has 4 heterocycles. The molecule has 34 heavy (non-hydrogen) atoms. The lowest BCUT2D eigenvalue weighted by Gasteiger charge is -2.31. The molecule has 9 heteroatoms. The second-order valence-corrected chi connectivity index (χ2v) is 9.38. The topological polar surface area (TPSA) is 109 Å². The van der Waals surface area contributed by atoms with Crippen molar-refractivity contribution in [3.05, 3.63) is 47.4 Å². The van der Waals surface area contributed by atoms with Crippen LogP contribution in [0.4, 0.5) is 17.5 Å². The Hall–Kier alpha value is -3.77. The van der Waals surface area contributed by atoms with Gasteiger partial charge in [0.2, 0.25) is 11.9 Å². The molecule has 6 rings (SSSR count). The third-order valence-electron chi connectivity index (χ3n) is 7.19. The number of nitrogens with one attached hydrogen (secondary N) is 1. The van der Waals surface area contributed by atoms with E-state index in [4.69, 9.17) is 9.72 Å². The number of aromatic nitrogens is 4. The van der Waals surface area contributed by atoms with E-state index in [1.54, 1.807) is 17.1 Å². The number of carbonyl (C=O) groups is 1. The van der Waals surface area contributed by atoms with Gasteiger partial charge in [-0.2, -0.15) is 15.3 Å². The quantitative estimate of drug-likeness (QED) is 0.642. The molecule has 3 aliphatic rings. The van der Waals surface area contributed by atoms with Gasteiger partial charge in [0, 0.05) is 61.1 Å². The fraction of sp³-hybridized carbons (Fsp3) is 0.400. The number of nitrogens with zero attached hydrogens (tertiary/aromatic N) is 6. The fourth-order valence-corrected chi connectivity index (χ4v) is 5.14. The van der Waals surface area contributed by atoms with Crippen LogP contribution in [-0.4, -0.2) is 44.9 Å². The Morgan fingerprint density at radius 1 is 1.24 bits per heavy atom. The molecule has 9 nitrogen and oxygen atoms in total. The average Bonchev–Trinajstić information content (AvgIpc) is 3.48. The summed E-state index contributed by atoms with van der Waals surface area (Å²) in [6, 6.07) is 6.19. The van der Waals surface area contributed by atoms with E-state index in [1.165, 1.54) is 0 Å². The smallest absolute Gasteiger partial charge is 0.239 e. The van der Waals surface area contributed by atoms with Crippen LogP contribution in [0.3, 0.4) is 0 Å². The normalized spacial score (nSPS) is 18.7. The standard InChI is InChI=1S/C25H25N7O2/c1-15-9-19(17-12-28-31(2)14-17)16(11-26)10-21(15)29-24-27-13-20-22(30-24)32(18-3-7-34-8-4-18)23(33)25(20)5-6-25/h9-10,12-14,18H,3-8H2,1-2H3,(H,27,29,30). The molecule has 172 valence electrons. The van der Waals surface area contributed by atoms with E-state index in [0.717, 1.165) is 59.4 Å². The fourth-order valence-electron chi connectivity index (χ4n) is 5.14. The van der Waals surface area contributed by atoms with Crippen LogP contribution in [0, 0.1) is 18.3 Å². The second kappa shape index (κ2) is 7.64. The molecule has 0 radical (unpaired) electrons. The highest BCUT2D eigenvalue weighted by Crippen LogP contribution is 2.57. The summed E-state index contributed by atoms with van der Waals surface area (Å²) >= 11 is 0. The van der Waals surface area contributed by atoms with Crippen LogP contribution in [0.1, 0.15) is 42.4 Å². The summed E-state index contributed by atoms with van der Waals surface area (Å²) < 4.78 is 7.23. The first-order valence-electron chi connectivity index (χ1n) is 11.6. The first-order valence-corrected chi connectivity index (χ1v) is 11.6. The molecule has 2 aromatic heterocycles. The zero-order valence-corrected chi connectivity index (χ0v) is 19.2. The summed E-state index contributed by atoms with van der Waals surface area (Å²) in [5, 5.41) is 17.3. The van der Waals surface area contributed by atoms with Crippen molar-refractivity contribution in [2.75, 3.05) is 23.4 Å². The molecule has 0 bridgehead atoms. The number of rotatable bonds is 4. The third-order valence-corrected chi connectivity index (χ3v) is 7.19. The minimum Gasteiger partial charge on any atom is -0.381 e. The lowest BCUT2D eigenvalue weighted by Crippen LogP contribution is -2.44. The molecule has 0 unspecified atom stereocenters. The lowest BCUT2D eigenvalue weighted by atomic mass is 9.99. The van der Waals surface area contributed by atoms with Crippen molar-refractivity contribution in [1.29, 1.82) is 5.26 Å². The Morgan fingerprint density at radius 3 is 2.71 bits per heavy atom. The largest absolute Gasteiger partial charge is 0.381 e. The summed E-state index contributed by atoms with van der Waals surface area (Å²) in [5.74, 6) is 1.30. The predicted octanol–water partition coefficient (Wildman–Crippen LogP) is 3.36.